The third kappa shape index (κ3) is 4.13. The second-order valence-electron chi connectivity index (χ2n) is 9.69. The van der Waals surface area contributed by atoms with Crippen molar-refractivity contribution in [2.24, 2.45) is 5.92 Å². The summed E-state index contributed by atoms with van der Waals surface area (Å²) in [6.45, 7) is 8.08. The number of rotatable bonds is 3. The first kappa shape index (κ1) is 20.6. The van der Waals surface area contributed by atoms with E-state index in [-0.39, 0.29) is 29.4 Å². The molecule has 8 heteroatoms. The van der Waals surface area contributed by atoms with Crippen molar-refractivity contribution in [3.63, 3.8) is 0 Å². The molecule has 1 aromatic rings. The van der Waals surface area contributed by atoms with Gasteiger partial charge in [0.05, 0.1) is 5.69 Å². The van der Waals surface area contributed by atoms with E-state index in [9.17, 15) is 13.6 Å². The van der Waals surface area contributed by atoms with Crippen LogP contribution >= 0.6 is 0 Å². The number of likely N-dealkylation sites (tertiary alicyclic amines) is 1. The number of nitrogens with one attached hydrogen (secondary N) is 1. The highest BCUT2D eigenvalue weighted by Gasteiger charge is 2.40. The lowest BCUT2D eigenvalue weighted by molar-refractivity contribution is -0.143. The maximum Gasteiger partial charge on any atom is 0.260 e. The average Bonchev–Trinajstić information content (AvgIpc) is 3.36. The monoisotopic (exact) mass is 410 g/mol. The van der Waals surface area contributed by atoms with E-state index < -0.39 is 12.5 Å². The van der Waals surface area contributed by atoms with E-state index in [2.05, 4.69) is 10.4 Å². The van der Waals surface area contributed by atoms with Crippen LogP contribution < -0.4 is 5.32 Å². The smallest absolute Gasteiger partial charge is 0.260 e. The van der Waals surface area contributed by atoms with Gasteiger partial charge in [-0.15, -0.1) is 0 Å². The Labute approximate surface area is 171 Å². The first-order chi connectivity index (χ1) is 13.7. The molecule has 6 nitrogen and oxygen atoms in total. The summed E-state index contributed by atoms with van der Waals surface area (Å²) in [4.78, 5) is 14.6. The zero-order chi connectivity index (χ0) is 20.8. The zero-order valence-electron chi connectivity index (χ0n) is 17.5. The maximum absolute atomic E-state index is 13.9. The summed E-state index contributed by atoms with van der Waals surface area (Å²) >= 11 is 0. The molecule has 29 heavy (non-hydrogen) atoms. The quantitative estimate of drug-likeness (QED) is 0.827. The van der Waals surface area contributed by atoms with Crippen LogP contribution in [0.4, 0.5) is 14.6 Å². The van der Waals surface area contributed by atoms with Crippen molar-refractivity contribution in [1.82, 2.24) is 14.7 Å². The molecule has 4 heterocycles. The molecule has 2 fully saturated rings. The normalized spacial score (nSPS) is 30.3. The van der Waals surface area contributed by atoms with E-state index in [0.29, 0.717) is 25.4 Å². The van der Waals surface area contributed by atoms with Crippen LogP contribution in [0.1, 0.15) is 64.6 Å². The van der Waals surface area contributed by atoms with Crippen molar-refractivity contribution in [3.05, 3.63) is 11.8 Å². The first-order valence-corrected chi connectivity index (χ1v) is 10.8. The Kier molecular flexibility index (Phi) is 5.57. The molecule has 4 rings (SSSR count). The molecule has 3 aliphatic heterocycles. The van der Waals surface area contributed by atoms with Gasteiger partial charge in [0.25, 0.3) is 12.3 Å². The minimum Gasteiger partial charge on any atom is -0.368 e. The number of nitrogens with zero attached hydrogens (tertiary/aromatic N) is 3. The van der Waals surface area contributed by atoms with Crippen LogP contribution in [0.15, 0.2) is 6.07 Å². The number of carbonyl (C=O) groups excluding carboxylic acids is 1. The van der Waals surface area contributed by atoms with Crippen molar-refractivity contribution in [1.29, 1.82) is 0 Å². The Morgan fingerprint density at radius 3 is 2.76 bits per heavy atom. The highest BCUT2D eigenvalue weighted by atomic mass is 19.3. The maximum atomic E-state index is 13.9. The molecule has 2 saturated heterocycles. The SMILES string of the molecule is CC(C)(C)c1cc2n(n1)[C@@H](C(F)F)C[C@@H]([C@H]1CCCN(C(=O)[C@@H]3CCCO3)C1)N2. The van der Waals surface area contributed by atoms with E-state index >= 15 is 0 Å². The third-order valence-corrected chi connectivity index (χ3v) is 6.48. The van der Waals surface area contributed by atoms with Crippen molar-refractivity contribution in [2.75, 3.05) is 25.0 Å². The van der Waals surface area contributed by atoms with Crippen molar-refractivity contribution in [3.8, 4) is 0 Å². The van der Waals surface area contributed by atoms with Gasteiger partial charge in [0, 0.05) is 37.2 Å². The molecule has 0 aromatic carbocycles. The van der Waals surface area contributed by atoms with Gasteiger partial charge in [-0.05, 0) is 38.0 Å². The number of aromatic nitrogens is 2. The standard InChI is InChI=1S/C21H32F2N4O2/c1-21(2,3)17-11-18-24-14(10-15(19(22)23)27(18)25-17)13-6-4-8-26(12-13)20(28)16-7-5-9-29-16/h11,13-16,19,24H,4-10,12H2,1-3H3/t13-,14-,15+,16-/m0/s1. The van der Waals surface area contributed by atoms with E-state index in [1.54, 1.807) is 0 Å². The van der Waals surface area contributed by atoms with E-state index in [1.165, 1.54) is 4.68 Å². The minimum absolute atomic E-state index is 0.0634. The molecular weight excluding hydrogens is 378 g/mol. The van der Waals surface area contributed by atoms with Crippen LogP contribution in [0.3, 0.4) is 0 Å². The number of hydrogen-bond donors (Lipinski definition) is 1. The van der Waals surface area contributed by atoms with Gasteiger partial charge < -0.3 is 15.0 Å². The van der Waals surface area contributed by atoms with Gasteiger partial charge in [0.15, 0.2) is 0 Å². The third-order valence-electron chi connectivity index (χ3n) is 6.48. The molecule has 4 atom stereocenters. The zero-order valence-corrected chi connectivity index (χ0v) is 17.5. The van der Waals surface area contributed by atoms with Crippen LogP contribution in [0.5, 0.6) is 0 Å². The van der Waals surface area contributed by atoms with Crippen molar-refractivity contribution in [2.45, 2.75) is 82.9 Å². The highest BCUT2D eigenvalue weighted by molar-refractivity contribution is 5.81. The van der Waals surface area contributed by atoms with Gasteiger partial charge in [-0.2, -0.15) is 5.10 Å². The Hall–Kier alpha value is -1.70. The van der Waals surface area contributed by atoms with E-state index in [1.807, 2.05) is 31.7 Å². The first-order valence-electron chi connectivity index (χ1n) is 10.8. The Balaban J connectivity index is 1.51. The largest absolute Gasteiger partial charge is 0.368 e. The van der Waals surface area contributed by atoms with Crippen LogP contribution in [0, 0.1) is 5.92 Å². The predicted octanol–water partition coefficient (Wildman–Crippen LogP) is 3.59. The lowest BCUT2D eigenvalue weighted by Gasteiger charge is -2.41. The van der Waals surface area contributed by atoms with Crippen LogP contribution in [-0.2, 0) is 14.9 Å². The summed E-state index contributed by atoms with van der Waals surface area (Å²) in [5.74, 6) is 0.879. The average molecular weight is 411 g/mol. The van der Waals surface area contributed by atoms with Gasteiger partial charge in [-0.1, -0.05) is 20.8 Å². The van der Waals surface area contributed by atoms with Crippen molar-refractivity contribution >= 4 is 11.7 Å². The number of alkyl halides is 2. The molecule has 1 amide bonds. The summed E-state index contributed by atoms with van der Waals surface area (Å²) in [6.07, 6.45) is 1.06. The molecule has 162 valence electrons. The highest BCUT2D eigenvalue weighted by Crippen LogP contribution is 2.38. The van der Waals surface area contributed by atoms with Gasteiger partial charge in [0.2, 0.25) is 0 Å². The second-order valence-corrected chi connectivity index (χ2v) is 9.69. The molecule has 1 aromatic heterocycles. The number of anilines is 1. The molecule has 0 bridgehead atoms. The molecule has 0 saturated carbocycles. The Morgan fingerprint density at radius 2 is 2.10 bits per heavy atom. The van der Waals surface area contributed by atoms with Crippen molar-refractivity contribution < 1.29 is 18.3 Å². The number of ether oxygens (including phenoxy) is 1. The predicted molar refractivity (Wildman–Crippen MR) is 106 cm³/mol. The number of piperidine rings is 1. The second kappa shape index (κ2) is 7.85. The lowest BCUT2D eigenvalue weighted by atomic mass is 9.85. The number of fused-ring (bicyclic) bond motifs is 1. The number of halogens is 2. The number of hydrogen-bond acceptors (Lipinski definition) is 4. The Bertz CT molecular complexity index is 740. The van der Waals surface area contributed by atoms with Gasteiger partial charge >= 0.3 is 0 Å². The fraction of sp³-hybridized carbons (Fsp3) is 0.810. The molecule has 0 unspecified atom stereocenters. The van der Waals surface area contributed by atoms with Gasteiger partial charge in [-0.25, -0.2) is 13.5 Å². The fourth-order valence-corrected chi connectivity index (χ4v) is 4.76. The number of amides is 1. The topological polar surface area (TPSA) is 59.4 Å². The molecule has 0 aliphatic carbocycles. The molecular formula is C21H32F2N4O2. The summed E-state index contributed by atoms with van der Waals surface area (Å²) in [7, 11) is 0. The molecule has 3 aliphatic rings. The van der Waals surface area contributed by atoms with Gasteiger partial charge in [0.1, 0.15) is 18.0 Å². The summed E-state index contributed by atoms with van der Waals surface area (Å²) in [5, 5.41) is 7.96. The molecule has 1 N–H and O–H groups in total. The van der Waals surface area contributed by atoms with Gasteiger partial charge in [-0.3, -0.25) is 4.79 Å². The molecule has 0 radical (unpaired) electrons. The minimum atomic E-state index is -2.47. The summed E-state index contributed by atoms with van der Waals surface area (Å²) in [5.41, 5.74) is 0.605. The Morgan fingerprint density at radius 1 is 1.31 bits per heavy atom. The summed E-state index contributed by atoms with van der Waals surface area (Å²) in [6, 6.07) is 0.877. The fourth-order valence-electron chi connectivity index (χ4n) is 4.76. The van der Waals surface area contributed by atoms with E-state index in [0.717, 1.165) is 37.9 Å². The summed E-state index contributed by atoms with van der Waals surface area (Å²) < 4.78 is 34.8. The van der Waals surface area contributed by atoms with Crippen LogP contribution in [0.2, 0.25) is 0 Å². The van der Waals surface area contributed by atoms with Crippen LogP contribution in [-0.4, -0.2) is 58.9 Å². The lowest BCUT2D eigenvalue weighted by Crippen LogP contribution is -2.50. The molecule has 0 spiro atoms. The van der Waals surface area contributed by atoms with Crippen LogP contribution in [0.25, 0.3) is 0 Å². The number of carbonyl (C=O) groups is 1. The van der Waals surface area contributed by atoms with E-state index in [4.69, 9.17) is 4.74 Å².